The molecule has 2 aromatic carbocycles. The van der Waals surface area contributed by atoms with E-state index in [4.69, 9.17) is 9.26 Å². The number of rotatable bonds is 5. The van der Waals surface area contributed by atoms with E-state index >= 15 is 0 Å². The summed E-state index contributed by atoms with van der Waals surface area (Å²) in [6.45, 7) is 4.70. The minimum atomic E-state index is -0.288. The van der Waals surface area contributed by atoms with Gasteiger partial charge >= 0.3 is 0 Å². The Morgan fingerprint density at radius 1 is 1.18 bits per heavy atom. The van der Waals surface area contributed by atoms with Gasteiger partial charge in [-0.15, -0.1) is 0 Å². The molecule has 28 heavy (non-hydrogen) atoms. The van der Waals surface area contributed by atoms with Gasteiger partial charge in [0.15, 0.2) is 11.5 Å². The average Bonchev–Trinajstić information content (AvgIpc) is 3.18. The van der Waals surface area contributed by atoms with Crippen molar-refractivity contribution < 1.29 is 14.1 Å². The third-order valence-electron chi connectivity index (χ3n) is 5.10. The first-order valence-corrected chi connectivity index (χ1v) is 9.37. The number of nitrogens with zero attached hydrogens (tertiary/aromatic N) is 3. The molecule has 0 aliphatic carbocycles. The lowest BCUT2D eigenvalue weighted by molar-refractivity contribution is 0.101. The van der Waals surface area contributed by atoms with E-state index in [0.29, 0.717) is 18.0 Å². The van der Waals surface area contributed by atoms with Crippen LogP contribution in [0.4, 0.5) is 5.69 Å². The van der Waals surface area contributed by atoms with E-state index in [9.17, 15) is 4.79 Å². The summed E-state index contributed by atoms with van der Waals surface area (Å²) in [5, 5.41) is 8.83. The van der Waals surface area contributed by atoms with Gasteiger partial charge in [0.05, 0.1) is 13.7 Å². The van der Waals surface area contributed by atoms with Crippen LogP contribution in [0.1, 0.15) is 16.2 Å². The van der Waals surface area contributed by atoms with E-state index < -0.39 is 0 Å². The highest BCUT2D eigenvalue weighted by Gasteiger charge is 2.18. The maximum absolute atomic E-state index is 12.7. The molecule has 1 amide bonds. The molecule has 1 aliphatic rings. The summed E-state index contributed by atoms with van der Waals surface area (Å²) < 4.78 is 10.7. The van der Waals surface area contributed by atoms with Crippen molar-refractivity contribution in [3.8, 4) is 5.75 Å². The highest BCUT2D eigenvalue weighted by molar-refractivity contribution is 6.08. The smallest absolute Gasteiger partial charge is 0.277 e. The van der Waals surface area contributed by atoms with Gasteiger partial charge in [-0.05, 0) is 30.6 Å². The van der Waals surface area contributed by atoms with E-state index in [1.165, 1.54) is 0 Å². The second-order valence-corrected chi connectivity index (χ2v) is 7.10. The molecule has 7 heteroatoms. The second-order valence-electron chi connectivity index (χ2n) is 7.10. The number of nitrogens with one attached hydrogen (secondary N) is 1. The maximum Gasteiger partial charge on any atom is 0.277 e. The van der Waals surface area contributed by atoms with E-state index in [-0.39, 0.29) is 11.6 Å². The first-order chi connectivity index (χ1) is 13.6. The third-order valence-corrected chi connectivity index (χ3v) is 5.10. The van der Waals surface area contributed by atoms with Gasteiger partial charge < -0.3 is 19.5 Å². The topological polar surface area (TPSA) is 70.8 Å². The molecule has 1 fully saturated rings. The molecule has 2 heterocycles. The van der Waals surface area contributed by atoms with Crippen LogP contribution in [0.15, 0.2) is 47.0 Å². The van der Waals surface area contributed by atoms with Crippen molar-refractivity contribution >= 4 is 22.4 Å². The lowest BCUT2D eigenvalue weighted by Crippen LogP contribution is -2.43. The SMILES string of the molecule is COc1ccc2cccc(NC(=O)c3cc(CN4CCN(C)CC4)on3)c2c1. The Balaban J connectivity index is 1.47. The van der Waals surface area contributed by atoms with Gasteiger partial charge in [0.25, 0.3) is 5.91 Å². The van der Waals surface area contributed by atoms with Gasteiger partial charge in [0.1, 0.15) is 5.75 Å². The number of anilines is 1. The van der Waals surface area contributed by atoms with Crippen LogP contribution >= 0.6 is 0 Å². The monoisotopic (exact) mass is 380 g/mol. The zero-order valence-corrected chi connectivity index (χ0v) is 16.1. The fraction of sp³-hybridized carbons (Fsp3) is 0.333. The average molecular weight is 380 g/mol. The van der Waals surface area contributed by atoms with Crippen LogP contribution in [0.2, 0.25) is 0 Å². The molecule has 0 spiro atoms. The van der Waals surface area contributed by atoms with Crippen LogP contribution in [0, 0.1) is 0 Å². The predicted molar refractivity (Wildman–Crippen MR) is 108 cm³/mol. The number of benzene rings is 2. The van der Waals surface area contributed by atoms with E-state index in [1.807, 2.05) is 36.4 Å². The molecule has 0 radical (unpaired) electrons. The molecular weight excluding hydrogens is 356 g/mol. The fourth-order valence-corrected chi connectivity index (χ4v) is 3.39. The van der Waals surface area contributed by atoms with Gasteiger partial charge in [-0.25, -0.2) is 0 Å². The van der Waals surface area contributed by atoms with Crippen molar-refractivity contribution in [2.75, 3.05) is 45.7 Å². The summed E-state index contributed by atoms with van der Waals surface area (Å²) in [5.74, 6) is 1.16. The quantitative estimate of drug-likeness (QED) is 0.734. The van der Waals surface area contributed by atoms with Crippen molar-refractivity contribution in [2.24, 2.45) is 0 Å². The largest absolute Gasteiger partial charge is 0.497 e. The minimum absolute atomic E-state index is 0.282. The molecule has 1 N–H and O–H groups in total. The number of amides is 1. The van der Waals surface area contributed by atoms with Gasteiger partial charge in [-0.1, -0.05) is 23.4 Å². The zero-order valence-electron chi connectivity index (χ0n) is 16.1. The Morgan fingerprint density at radius 3 is 2.79 bits per heavy atom. The first-order valence-electron chi connectivity index (χ1n) is 9.37. The van der Waals surface area contributed by atoms with E-state index in [2.05, 4.69) is 27.3 Å². The molecule has 1 saturated heterocycles. The number of carbonyl (C=O) groups excluding carboxylic acids is 1. The summed E-state index contributed by atoms with van der Waals surface area (Å²) in [6, 6.07) is 13.3. The Kier molecular flexibility index (Phi) is 5.27. The maximum atomic E-state index is 12.7. The molecule has 7 nitrogen and oxygen atoms in total. The van der Waals surface area contributed by atoms with E-state index in [1.54, 1.807) is 13.2 Å². The third kappa shape index (κ3) is 4.00. The summed E-state index contributed by atoms with van der Waals surface area (Å²) in [4.78, 5) is 17.3. The Labute approximate surface area is 163 Å². The number of aromatic nitrogens is 1. The fourth-order valence-electron chi connectivity index (χ4n) is 3.39. The molecular formula is C21H24N4O3. The highest BCUT2D eigenvalue weighted by Crippen LogP contribution is 2.27. The first kappa shape index (κ1) is 18.5. The summed E-state index contributed by atoms with van der Waals surface area (Å²) in [6.07, 6.45) is 0. The Hall–Kier alpha value is -2.90. The molecule has 1 aliphatic heterocycles. The van der Waals surface area contributed by atoms with Crippen LogP contribution in [0.25, 0.3) is 10.8 Å². The number of carbonyl (C=O) groups is 1. The van der Waals surface area contributed by atoms with Crippen molar-refractivity contribution in [3.05, 3.63) is 53.9 Å². The molecule has 4 rings (SSSR count). The Morgan fingerprint density at radius 2 is 2.00 bits per heavy atom. The second kappa shape index (κ2) is 8.00. The number of piperazine rings is 1. The van der Waals surface area contributed by atoms with Crippen molar-refractivity contribution in [1.82, 2.24) is 15.0 Å². The van der Waals surface area contributed by atoms with Gasteiger partial charge in [-0.3, -0.25) is 9.69 Å². The number of ether oxygens (including phenoxy) is 1. The number of hydrogen-bond acceptors (Lipinski definition) is 6. The molecule has 146 valence electrons. The molecule has 0 saturated carbocycles. The van der Waals surface area contributed by atoms with Gasteiger partial charge in [0, 0.05) is 43.3 Å². The van der Waals surface area contributed by atoms with Crippen LogP contribution in [-0.2, 0) is 6.54 Å². The van der Waals surface area contributed by atoms with Gasteiger partial charge in [-0.2, -0.15) is 0 Å². The van der Waals surface area contributed by atoms with Crippen LogP contribution in [-0.4, -0.2) is 61.2 Å². The predicted octanol–water partition coefficient (Wildman–Crippen LogP) is 2.84. The Bertz CT molecular complexity index is 977. The van der Waals surface area contributed by atoms with Crippen LogP contribution in [0.3, 0.4) is 0 Å². The summed E-state index contributed by atoms with van der Waals surface area (Å²) in [5.41, 5.74) is 0.994. The lowest BCUT2D eigenvalue weighted by atomic mass is 10.1. The van der Waals surface area contributed by atoms with Crippen LogP contribution < -0.4 is 10.1 Å². The summed E-state index contributed by atoms with van der Waals surface area (Å²) in [7, 11) is 3.75. The van der Waals surface area contributed by atoms with Gasteiger partial charge in [0.2, 0.25) is 0 Å². The highest BCUT2D eigenvalue weighted by atomic mass is 16.5. The number of likely N-dealkylation sites (N-methyl/N-ethyl adjacent to an activating group) is 1. The van der Waals surface area contributed by atoms with Crippen molar-refractivity contribution in [3.63, 3.8) is 0 Å². The number of fused-ring (bicyclic) bond motifs is 1. The molecule has 1 aromatic heterocycles. The van der Waals surface area contributed by atoms with Crippen molar-refractivity contribution in [2.45, 2.75) is 6.54 Å². The molecule has 0 unspecified atom stereocenters. The summed E-state index contributed by atoms with van der Waals surface area (Å²) >= 11 is 0. The molecule has 3 aromatic rings. The normalized spacial score (nSPS) is 15.6. The van der Waals surface area contributed by atoms with Crippen molar-refractivity contribution in [1.29, 1.82) is 0 Å². The number of hydrogen-bond donors (Lipinski definition) is 1. The van der Waals surface area contributed by atoms with Crippen LogP contribution in [0.5, 0.6) is 5.75 Å². The van der Waals surface area contributed by atoms with E-state index in [0.717, 1.165) is 42.7 Å². The number of methoxy groups -OCH3 is 1. The minimum Gasteiger partial charge on any atom is -0.497 e. The lowest BCUT2D eigenvalue weighted by Gasteiger charge is -2.31. The molecule has 0 bridgehead atoms. The molecule has 0 atom stereocenters. The standard InChI is InChI=1S/C21H24N4O3/c1-24-8-10-25(11-9-24)14-17-13-20(23-28-17)21(26)22-19-5-3-4-15-6-7-16(27-2)12-18(15)19/h3-7,12-13H,8-11,14H2,1-2H3,(H,22,26). The zero-order chi connectivity index (χ0) is 19.5.